The van der Waals surface area contributed by atoms with Crippen molar-refractivity contribution in [2.75, 3.05) is 0 Å². The number of ether oxygens (including phenoxy) is 2. The molecule has 152 valence electrons. The van der Waals surface area contributed by atoms with Crippen LogP contribution in [-0.4, -0.2) is 17.2 Å². The molecule has 0 unspecified atom stereocenters. The fourth-order valence-corrected chi connectivity index (χ4v) is 6.03. The van der Waals surface area contributed by atoms with Gasteiger partial charge < -0.3 is 14.6 Å². The van der Waals surface area contributed by atoms with Crippen molar-refractivity contribution in [3.05, 3.63) is 22.8 Å². The third kappa shape index (κ3) is 2.92. The number of phenolic OH excluding ortho intramolecular Hbond substituents is 1. The molecular formula is C24H32O4. The van der Waals surface area contributed by atoms with Crippen LogP contribution in [0.3, 0.4) is 0 Å². The number of phenols is 1. The summed E-state index contributed by atoms with van der Waals surface area (Å²) in [6.07, 6.45) is 9.96. The summed E-state index contributed by atoms with van der Waals surface area (Å²) in [7, 11) is 0. The second-order valence-corrected chi connectivity index (χ2v) is 10.2. The molecule has 1 N–H and O–H groups in total. The summed E-state index contributed by atoms with van der Waals surface area (Å²) < 4.78 is 11.6. The highest BCUT2D eigenvalue weighted by Gasteiger charge is 2.49. The van der Waals surface area contributed by atoms with E-state index in [1.807, 2.05) is 6.07 Å². The van der Waals surface area contributed by atoms with Crippen molar-refractivity contribution in [2.24, 2.45) is 16.7 Å². The molecule has 2 saturated carbocycles. The number of fused-ring (bicyclic) bond motifs is 2. The van der Waals surface area contributed by atoms with Crippen LogP contribution < -0.4 is 9.47 Å². The number of benzene rings is 1. The number of allylic oxidation sites excluding steroid dienone is 1. The molecule has 4 heteroatoms. The molecule has 4 nitrogen and oxygen atoms in total. The third-order valence-corrected chi connectivity index (χ3v) is 7.34. The summed E-state index contributed by atoms with van der Waals surface area (Å²) in [6, 6.07) is 1.82. The summed E-state index contributed by atoms with van der Waals surface area (Å²) in [6.45, 7) is 10.8. The Morgan fingerprint density at radius 1 is 1.11 bits per heavy atom. The minimum absolute atomic E-state index is 0.0108. The monoisotopic (exact) mass is 384 g/mol. The number of hydrogen-bond donors (Lipinski definition) is 1. The Labute approximate surface area is 167 Å². The van der Waals surface area contributed by atoms with Gasteiger partial charge in [-0.15, -0.1) is 0 Å². The van der Waals surface area contributed by atoms with Gasteiger partial charge in [0, 0.05) is 19.4 Å². The lowest BCUT2D eigenvalue weighted by Crippen LogP contribution is -2.45. The van der Waals surface area contributed by atoms with E-state index in [2.05, 4.69) is 26.8 Å². The van der Waals surface area contributed by atoms with Gasteiger partial charge in [-0.3, -0.25) is 4.79 Å². The summed E-state index contributed by atoms with van der Waals surface area (Å²) in [5.74, 6) is 0.662. The topological polar surface area (TPSA) is 55.8 Å². The molecule has 1 heterocycles. The van der Waals surface area contributed by atoms with E-state index in [0.717, 1.165) is 6.42 Å². The van der Waals surface area contributed by atoms with E-state index in [1.165, 1.54) is 37.7 Å². The van der Waals surface area contributed by atoms with Crippen molar-refractivity contribution in [3.63, 3.8) is 0 Å². The Morgan fingerprint density at radius 2 is 1.86 bits per heavy atom. The maximum absolute atomic E-state index is 11.7. The summed E-state index contributed by atoms with van der Waals surface area (Å²) in [5.41, 5.74) is 2.70. The molecule has 1 aliphatic heterocycles. The van der Waals surface area contributed by atoms with Crippen LogP contribution in [-0.2, 0) is 0 Å². The Hall–Kier alpha value is -1.97. The average Bonchev–Trinajstić information content (AvgIpc) is 2.90. The number of hydrogen-bond acceptors (Lipinski definition) is 4. The van der Waals surface area contributed by atoms with E-state index < -0.39 is 5.79 Å². The number of carbonyl (C=O) groups is 1. The molecule has 2 aliphatic carbocycles. The van der Waals surface area contributed by atoms with Crippen LogP contribution in [0.1, 0.15) is 89.1 Å². The van der Waals surface area contributed by atoms with Gasteiger partial charge in [0.1, 0.15) is 11.3 Å². The first-order valence-corrected chi connectivity index (χ1v) is 10.5. The van der Waals surface area contributed by atoms with E-state index in [1.54, 1.807) is 13.8 Å². The Morgan fingerprint density at radius 3 is 2.57 bits per heavy atom. The van der Waals surface area contributed by atoms with Gasteiger partial charge in [-0.05, 0) is 54.9 Å². The van der Waals surface area contributed by atoms with Crippen LogP contribution >= 0.6 is 0 Å². The summed E-state index contributed by atoms with van der Waals surface area (Å²) in [4.78, 5) is 11.7. The highest BCUT2D eigenvalue weighted by molar-refractivity contribution is 5.89. The molecule has 2 fully saturated rings. The minimum Gasteiger partial charge on any atom is -0.506 e. The smallest absolute Gasteiger partial charge is 0.246 e. The van der Waals surface area contributed by atoms with E-state index in [-0.39, 0.29) is 16.7 Å². The largest absolute Gasteiger partial charge is 0.506 e. The Balaban J connectivity index is 1.80. The average molecular weight is 385 g/mol. The maximum Gasteiger partial charge on any atom is 0.246 e. The van der Waals surface area contributed by atoms with Crippen molar-refractivity contribution in [1.82, 2.24) is 0 Å². The highest BCUT2D eigenvalue weighted by atomic mass is 16.7. The molecule has 3 aliphatic rings. The molecule has 1 aromatic carbocycles. The molecule has 0 amide bonds. The highest BCUT2D eigenvalue weighted by Crippen LogP contribution is 2.60. The lowest BCUT2D eigenvalue weighted by molar-refractivity contribution is -0.0433. The standard InChI is InChI=1S/C24H32O4/c1-22(2)10-7-11-24(5)16(8-6-9-19(22)24)12-15-13-18-21(17(14-25)20(15)26)28-23(3,4)27-18/h12-14,19,26H,6-11H2,1-5H3/b16-12+/t19-,24+/m0/s1. The number of carbonyl (C=O) groups excluding carboxylic acids is 1. The van der Waals surface area contributed by atoms with Gasteiger partial charge in [0.15, 0.2) is 17.8 Å². The van der Waals surface area contributed by atoms with Crippen molar-refractivity contribution in [1.29, 1.82) is 0 Å². The molecule has 2 atom stereocenters. The van der Waals surface area contributed by atoms with Crippen molar-refractivity contribution < 1.29 is 19.4 Å². The third-order valence-electron chi connectivity index (χ3n) is 7.34. The van der Waals surface area contributed by atoms with Crippen molar-refractivity contribution in [2.45, 2.75) is 78.9 Å². The van der Waals surface area contributed by atoms with Crippen molar-refractivity contribution in [3.8, 4) is 17.2 Å². The molecule has 1 aromatic rings. The molecule has 0 bridgehead atoms. The molecule has 4 rings (SSSR count). The van der Waals surface area contributed by atoms with Crippen LogP contribution in [0.15, 0.2) is 11.6 Å². The number of rotatable bonds is 2. The van der Waals surface area contributed by atoms with Gasteiger partial charge in [0.25, 0.3) is 0 Å². The van der Waals surface area contributed by atoms with Gasteiger partial charge in [0.05, 0.1) is 0 Å². The molecule has 0 spiro atoms. The van der Waals surface area contributed by atoms with Gasteiger partial charge in [-0.2, -0.15) is 0 Å². The lowest BCUT2D eigenvalue weighted by Gasteiger charge is -2.55. The normalized spacial score (nSPS) is 31.5. The minimum atomic E-state index is -0.840. The van der Waals surface area contributed by atoms with Gasteiger partial charge >= 0.3 is 0 Å². The van der Waals surface area contributed by atoms with Gasteiger partial charge in [0.2, 0.25) is 5.79 Å². The first-order valence-electron chi connectivity index (χ1n) is 10.5. The fourth-order valence-electron chi connectivity index (χ4n) is 6.03. The zero-order chi connectivity index (χ0) is 20.3. The first-order chi connectivity index (χ1) is 13.1. The molecule has 28 heavy (non-hydrogen) atoms. The zero-order valence-electron chi connectivity index (χ0n) is 17.7. The van der Waals surface area contributed by atoms with Crippen LogP contribution in [0.25, 0.3) is 6.08 Å². The molecule has 0 aromatic heterocycles. The molecular weight excluding hydrogens is 352 g/mol. The summed E-state index contributed by atoms with van der Waals surface area (Å²) in [5, 5.41) is 10.8. The van der Waals surface area contributed by atoms with Gasteiger partial charge in [-0.25, -0.2) is 0 Å². The van der Waals surface area contributed by atoms with E-state index in [4.69, 9.17) is 9.47 Å². The van der Waals surface area contributed by atoms with Crippen LogP contribution in [0.5, 0.6) is 17.2 Å². The van der Waals surface area contributed by atoms with Gasteiger partial charge in [-0.1, -0.05) is 38.8 Å². The van der Waals surface area contributed by atoms with E-state index >= 15 is 0 Å². The van der Waals surface area contributed by atoms with Crippen molar-refractivity contribution >= 4 is 12.4 Å². The zero-order valence-corrected chi connectivity index (χ0v) is 17.7. The van der Waals surface area contributed by atoms with E-state index in [0.29, 0.717) is 34.7 Å². The lowest BCUT2D eigenvalue weighted by atomic mass is 9.50. The maximum atomic E-state index is 11.7. The predicted molar refractivity (Wildman–Crippen MR) is 110 cm³/mol. The molecule has 0 radical (unpaired) electrons. The SMILES string of the molecule is CC1(C)Oc2cc(/C=C3\CCC[C@H]4C(C)(C)CCC[C@]34C)c(O)c(C=O)c2O1. The predicted octanol–water partition coefficient (Wildman–Crippen LogP) is 6.11. The second kappa shape index (κ2) is 6.27. The Bertz CT molecular complexity index is 849. The summed E-state index contributed by atoms with van der Waals surface area (Å²) >= 11 is 0. The van der Waals surface area contributed by atoms with Crippen LogP contribution in [0.4, 0.5) is 0 Å². The number of aldehydes is 1. The quantitative estimate of drug-likeness (QED) is 0.625. The van der Waals surface area contributed by atoms with Crippen LogP contribution in [0.2, 0.25) is 0 Å². The number of aromatic hydroxyl groups is 1. The molecule has 0 saturated heterocycles. The fraction of sp³-hybridized carbons (Fsp3) is 0.625. The van der Waals surface area contributed by atoms with E-state index in [9.17, 15) is 9.90 Å². The second-order valence-electron chi connectivity index (χ2n) is 10.2. The Kier molecular flexibility index (Phi) is 4.33. The van der Waals surface area contributed by atoms with Crippen LogP contribution in [0, 0.1) is 16.7 Å². The first kappa shape index (κ1) is 19.4.